The molecule has 0 saturated carbocycles. The first-order valence-corrected chi connectivity index (χ1v) is 24.4. The third-order valence-corrected chi connectivity index (χ3v) is 15.9. The van der Waals surface area contributed by atoms with Crippen molar-refractivity contribution in [3.8, 4) is 0 Å². The van der Waals surface area contributed by atoms with E-state index in [1.165, 1.54) is 0 Å². The van der Waals surface area contributed by atoms with Gasteiger partial charge in [-0.1, -0.05) is 0 Å². The number of rotatable bonds is 30. The maximum absolute atomic E-state index is 14.7. The van der Waals surface area contributed by atoms with E-state index >= 15 is 0 Å². The molecule has 0 bridgehead atoms. The molecule has 1 aliphatic rings. The minimum absolute atomic E-state index is 1.34. The fourth-order valence-electron chi connectivity index (χ4n) is 6.06. The molecule has 0 unspecified atom stereocenters. The van der Waals surface area contributed by atoms with Crippen LogP contribution in [0.3, 0.4) is 0 Å². The Kier molecular flexibility index (Phi) is 22.1. The molecule has 4 nitrogen and oxygen atoms in total. The van der Waals surface area contributed by atoms with Gasteiger partial charge in [-0.3, -0.25) is 9.05 Å². The molecule has 0 aromatic heterocycles. The monoisotopic (exact) mass is 1590 g/mol. The van der Waals surface area contributed by atoms with Crippen LogP contribution < -0.4 is 0 Å². The van der Waals surface area contributed by atoms with E-state index in [9.17, 15) is 247 Å². The first-order valence-electron chi connectivity index (χ1n) is 20.9. The minimum Gasteiger partial charge on any atom is -0.302 e. The van der Waals surface area contributed by atoms with Gasteiger partial charge in [-0.15, -0.1) is 23.5 Å². The van der Waals surface area contributed by atoms with E-state index in [4.69, 9.17) is 0 Å². The highest BCUT2D eigenvalue weighted by atomic mass is 32.2. The molecule has 0 aromatic carbocycles. The van der Waals surface area contributed by atoms with Gasteiger partial charge in [-0.25, -0.2) is 4.57 Å². The highest BCUT2D eigenvalue weighted by Crippen LogP contribution is 2.72. The predicted molar refractivity (Wildman–Crippen MR) is 189 cm³/mol. The van der Waals surface area contributed by atoms with Crippen molar-refractivity contribution in [3.05, 3.63) is 0 Å². The second-order valence-electron chi connectivity index (χ2n) is 18.2. The summed E-state index contributed by atoms with van der Waals surface area (Å²) in [6.45, 7) is -4.63. The number of hydrogen-bond donors (Lipinski definition) is 1. The van der Waals surface area contributed by atoms with Crippen molar-refractivity contribution in [2.45, 2.75) is 171 Å². The van der Waals surface area contributed by atoms with Crippen LogP contribution in [-0.4, -0.2) is 188 Å². The third-order valence-electron chi connectivity index (χ3n) is 12.0. The number of thioether (sulfide) groups is 2. The van der Waals surface area contributed by atoms with Crippen LogP contribution in [0.15, 0.2) is 0 Å². The van der Waals surface area contributed by atoms with Gasteiger partial charge in [0.1, 0.15) is 4.08 Å². The van der Waals surface area contributed by atoms with Gasteiger partial charge in [0.2, 0.25) is 0 Å². The average Bonchev–Trinajstić information content (AvgIpc) is 0.689. The Labute approximate surface area is 483 Å². The van der Waals surface area contributed by atoms with Crippen molar-refractivity contribution < 1.29 is 256 Å². The van der Waals surface area contributed by atoms with Crippen molar-refractivity contribution in [1.29, 1.82) is 0 Å². The smallest absolute Gasteiger partial charge is 0.302 e. The van der Waals surface area contributed by atoms with Gasteiger partial charge in [0, 0.05) is 24.3 Å². The quantitative estimate of drug-likeness (QED) is 0.0439. The number of halogens is 54. The summed E-state index contributed by atoms with van der Waals surface area (Å²) in [7, 11) is -5.87. The van der Waals surface area contributed by atoms with Crippen molar-refractivity contribution >= 4 is 31.3 Å². The van der Waals surface area contributed by atoms with Gasteiger partial charge in [-0.2, -0.15) is 237 Å². The van der Waals surface area contributed by atoms with Crippen LogP contribution in [-0.2, 0) is 13.6 Å². The van der Waals surface area contributed by atoms with Crippen molar-refractivity contribution in [1.82, 2.24) is 0 Å². The molecule has 1 saturated heterocycles. The predicted octanol–water partition coefficient (Wildman–Crippen LogP) is 19.4. The summed E-state index contributed by atoms with van der Waals surface area (Å²) in [4.78, 5) is 9.23. The Hall–Kier alpha value is -2.97. The fraction of sp³-hybridized carbons (Fsp3) is 1.00. The van der Waals surface area contributed by atoms with Crippen molar-refractivity contribution in [2.75, 3.05) is 24.7 Å². The molecular formula is C33H13F54O4PS2. The van der Waals surface area contributed by atoms with Gasteiger partial charge in [0.25, 0.3) is 0 Å². The van der Waals surface area contributed by atoms with E-state index in [0.29, 0.717) is 0 Å². The Morgan fingerprint density at radius 3 is 0.511 bits per heavy atom. The molecule has 1 fully saturated rings. The van der Waals surface area contributed by atoms with E-state index in [1.54, 1.807) is 0 Å². The Bertz CT molecular complexity index is 2560. The Morgan fingerprint density at radius 1 is 0.245 bits per heavy atom. The zero-order valence-corrected chi connectivity index (χ0v) is 43.6. The minimum atomic E-state index is -10.2. The van der Waals surface area contributed by atoms with Crippen LogP contribution in [0.4, 0.5) is 237 Å². The van der Waals surface area contributed by atoms with Crippen LogP contribution in [0.1, 0.15) is 12.8 Å². The Morgan fingerprint density at radius 2 is 0.372 bits per heavy atom. The van der Waals surface area contributed by atoms with Crippen molar-refractivity contribution in [3.63, 3.8) is 0 Å². The molecular weight excluding hydrogens is 1580 g/mol. The van der Waals surface area contributed by atoms with Gasteiger partial charge in [-0.05, 0) is 0 Å². The summed E-state index contributed by atoms with van der Waals surface area (Å²) < 4.78 is 764. The zero-order valence-electron chi connectivity index (χ0n) is 41.1. The Balaban J connectivity index is 3.83. The second-order valence-corrected chi connectivity index (χ2v) is 22.8. The third kappa shape index (κ3) is 11.7. The molecule has 0 spiro atoms. The largest absolute Gasteiger partial charge is 0.472 e. The summed E-state index contributed by atoms with van der Waals surface area (Å²) >= 11 is -2.68. The van der Waals surface area contributed by atoms with E-state index < -0.39 is 227 Å². The number of phosphoric ester groups is 1. The standard InChI is InChI=1S/C33H13F54O4PS2/c34-8(35,10(38,39)12(42,43)14(46,47)16(50,51)18(54,55)20(58,59)22(62,63)24(66,67)26(70,71)28(74,75)30(78,79)32(82,83)84)1-3-93-7(5-90-92(88,89)91-6-7)94-4-2-9(36,37)11(40,41)13(44,45)15(48,49)17(52,53)19(56,57)21(60,61)23(64,65)25(68,69)27(72,73)29(76,77)31(80,81)33(85,86)87/h1-6H2,(H,88,89). The van der Waals surface area contributed by atoms with Crippen LogP contribution >= 0.6 is 31.3 Å². The van der Waals surface area contributed by atoms with Gasteiger partial charge >= 0.3 is 162 Å². The summed E-state index contributed by atoms with van der Waals surface area (Å²) in [6.07, 6.45) is -24.8. The molecule has 0 amide bonds. The van der Waals surface area contributed by atoms with Crippen LogP contribution in [0.5, 0.6) is 0 Å². The molecule has 564 valence electrons. The average molecular weight is 1590 g/mol. The normalized spacial score (nSPS) is 18.9. The van der Waals surface area contributed by atoms with E-state index in [-0.39, 0.29) is 0 Å². The fourth-order valence-corrected chi connectivity index (χ4v) is 10.1. The van der Waals surface area contributed by atoms with E-state index in [0.717, 1.165) is 0 Å². The summed E-state index contributed by atoms with van der Waals surface area (Å²) in [5, 5.41) is 0. The second kappa shape index (κ2) is 23.3. The lowest BCUT2D eigenvalue weighted by molar-refractivity contribution is -0.485. The number of alkyl halides is 54. The van der Waals surface area contributed by atoms with Crippen LogP contribution in [0.2, 0.25) is 0 Å². The molecule has 0 radical (unpaired) electrons. The first-order chi connectivity index (χ1) is 39.8. The van der Waals surface area contributed by atoms with Crippen LogP contribution in [0, 0.1) is 0 Å². The van der Waals surface area contributed by atoms with Gasteiger partial charge in [0.15, 0.2) is 0 Å². The molecule has 0 aliphatic carbocycles. The molecule has 1 N–H and O–H groups in total. The number of hydrogen-bond acceptors (Lipinski definition) is 5. The van der Waals surface area contributed by atoms with Crippen molar-refractivity contribution in [2.24, 2.45) is 0 Å². The molecule has 1 aliphatic heterocycles. The highest BCUT2D eigenvalue weighted by molar-refractivity contribution is 8.18. The zero-order chi connectivity index (χ0) is 77.1. The first kappa shape index (κ1) is 89.0. The SMILES string of the molecule is O=P1(O)OCC(SCCC(F)(F)C(F)(F)C(F)(F)C(F)(F)C(F)(F)C(F)(F)C(F)(F)C(F)(F)C(F)(F)C(F)(F)C(F)(F)C(F)(F)C(F)(F)F)(SCCC(F)(F)C(F)(F)C(F)(F)C(F)(F)C(F)(F)C(F)(F)C(F)(F)C(F)(F)C(F)(F)C(F)(F)C(F)(F)C(F)(F)C(F)(F)F)CO1. The lowest BCUT2D eigenvalue weighted by Gasteiger charge is -2.46. The number of phosphoric acid groups is 1. The summed E-state index contributed by atoms with van der Waals surface area (Å²) in [5.74, 6) is -236. The highest BCUT2D eigenvalue weighted by Gasteiger charge is 3.03. The molecule has 0 aromatic rings. The van der Waals surface area contributed by atoms with Gasteiger partial charge in [0.05, 0.1) is 13.2 Å². The topological polar surface area (TPSA) is 55.8 Å². The molecule has 0 atom stereocenters. The van der Waals surface area contributed by atoms with Crippen LogP contribution in [0.25, 0.3) is 0 Å². The van der Waals surface area contributed by atoms with E-state index in [1.807, 2.05) is 0 Å². The maximum Gasteiger partial charge on any atom is 0.472 e. The van der Waals surface area contributed by atoms with Gasteiger partial charge < -0.3 is 4.89 Å². The lowest BCUT2D eigenvalue weighted by atomic mass is 9.84. The molecule has 1 rings (SSSR count). The molecule has 1 heterocycles. The molecule has 94 heavy (non-hydrogen) atoms. The lowest BCUT2D eigenvalue weighted by Crippen LogP contribution is -2.78. The summed E-state index contributed by atoms with van der Waals surface area (Å²) in [5.41, 5.74) is 0. The maximum atomic E-state index is 14.7. The summed E-state index contributed by atoms with van der Waals surface area (Å²) in [6, 6.07) is 0. The molecule has 61 heteroatoms. The van der Waals surface area contributed by atoms with E-state index in [2.05, 4.69) is 9.05 Å².